The minimum Gasteiger partial charge on any atom is -0.493 e. The number of amides is 1. The van der Waals surface area contributed by atoms with Crippen molar-refractivity contribution in [1.82, 2.24) is 14.8 Å². The summed E-state index contributed by atoms with van der Waals surface area (Å²) in [6.07, 6.45) is 2.84. The lowest BCUT2D eigenvalue weighted by Gasteiger charge is -2.17. The maximum Gasteiger partial charge on any atom is 0.349 e. The second kappa shape index (κ2) is 12.5. The number of methoxy groups -OCH3 is 1. The highest BCUT2D eigenvalue weighted by molar-refractivity contribution is 7.55. The summed E-state index contributed by atoms with van der Waals surface area (Å²) in [6, 6.07) is 23.5. The lowest BCUT2D eigenvalue weighted by Crippen LogP contribution is -2.27. The number of oxazole rings is 1. The largest absolute Gasteiger partial charge is 0.493 e. The Bertz CT molecular complexity index is 1810. The van der Waals surface area contributed by atoms with E-state index in [-0.39, 0.29) is 18.0 Å². The van der Waals surface area contributed by atoms with E-state index in [4.69, 9.17) is 13.9 Å². The zero-order valence-electron chi connectivity index (χ0n) is 23.6. The summed E-state index contributed by atoms with van der Waals surface area (Å²) in [6.45, 7) is 1.94. The summed E-state index contributed by atoms with van der Waals surface area (Å²) in [5.74, 6) is 2.42. The third-order valence-electron chi connectivity index (χ3n) is 6.50. The Kier molecular flexibility index (Phi) is 8.58. The predicted octanol–water partition coefficient (Wildman–Crippen LogP) is 5.85. The van der Waals surface area contributed by atoms with Gasteiger partial charge in [0.05, 0.1) is 12.8 Å². The molecule has 0 radical (unpaired) electrons. The van der Waals surface area contributed by atoms with Crippen LogP contribution >= 0.6 is 7.60 Å². The molecule has 0 aliphatic heterocycles. The first-order valence-electron chi connectivity index (χ1n) is 13.1. The van der Waals surface area contributed by atoms with Crippen LogP contribution in [0.1, 0.15) is 27.4 Å². The van der Waals surface area contributed by atoms with Crippen molar-refractivity contribution < 1.29 is 33.0 Å². The number of hydrogen-bond acceptors (Lipinski definition) is 7. The molecule has 2 aromatic heterocycles. The van der Waals surface area contributed by atoms with Crippen molar-refractivity contribution >= 4 is 25.4 Å². The standard InChI is InChI=1S/C31H29N4O7P/c1-21-26(32-30(42-21)22-10-6-4-7-11-22)20-41-27-15-14-23(18-28(27)40-3)31(36)34(2)29-24(16-17-43(37,38)39)19-35(33-29)25-12-8-5-9-13-25/h4-19H,20H2,1-3H3,(H2,37,38,39). The molecule has 0 unspecified atom stereocenters. The molecule has 5 rings (SSSR count). The third kappa shape index (κ3) is 6.92. The van der Waals surface area contributed by atoms with Crippen LogP contribution in [0.15, 0.2) is 95.3 Å². The van der Waals surface area contributed by atoms with Gasteiger partial charge in [-0.2, -0.15) is 0 Å². The number of ether oxygens (including phenoxy) is 2. The summed E-state index contributed by atoms with van der Waals surface area (Å²) < 4.78 is 30.4. The smallest absolute Gasteiger partial charge is 0.349 e. The number of benzene rings is 3. The van der Waals surface area contributed by atoms with Gasteiger partial charge in [-0.15, -0.1) is 5.10 Å². The molecule has 0 aliphatic carbocycles. The summed E-state index contributed by atoms with van der Waals surface area (Å²) in [4.78, 5) is 38.2. The molecule has 0 spiro atoms. The van der Waals surface area contributed by atoms with Gasteiger partial charge in [0.2, 0.25) is 5.89 Å². The molecule has 12 heteroatoms. The highest BCUT2D eigenvalue weighted by Gasteiger charge is 2.22. The molecule has 2 heterocycles. The van der Waals surface area contributed by atoms with E-state index in [1.165, 1.54) is 29.8 Å². The number of carbonyl (C=O) groups excluding carboxylic acids is 1. The third-order valence-corrected chi connectivity index (χ3v) is 7.04. The molecule has 0 saturated carbocycles. The number of hydrogen-bond donors (Lipinski definition) is 2. The van der Waals surface area contributed by atoms with Gasteiger partial charge in [-0.25, -0.2) is 9.67 Å². The first-order chi connectivity index (χ1) is 20.6. The zero-order chi connectivity index (χ0) is 30.6. The summed E-state index contributed by atoms with van der Waals surface area (Å²) >= 11 is 0. The van der Waals surface area contributed by atoms with Crippen LogP contribution in [0.2, 0.25) is 0 Å². The van der Waals surface area contributed by atoms with E-state index in [0.29, 0.717) is 40.1 Å². The van der Waals surface area contributed by atoms with Crippen LogP contribution in [0.3, 0.4) is 0 Å². The zero-order valence-corrected chi connectivity index (χ0v) is 24.5. The van der Waals surface area contributed by atoms with Crippen molar-refractivity contribution in [2.75, 3.05) is 19.1 Å². The fourth-order valence-electron chi connectivity index (χ4n) is 4.27. The summed E-state index contributed by atoms with van der Waals surface area (Å²) in [5, 5.41) is 4.53. The first-order valence-corrected chi connectivity index (χ1v) is 14.8. The molecule has 43 heavy (non-hydrogen) atoms. The Labute approximate surface area is 247 Å². The number of nitrogens with zero attached hydrogens (tertiary/aromatic N) is 4. The number of rotatable bonds is 10. The molecule has 5 aromatic rings. The van der Waals surface area contributed by atoms with Gasteiger partial charge < -0.3 is 23.7 Å². The summed E-state index contributed by atoms with van der Waals surface area (Å²) in [7, 11) is -1.45. The molecule has 11 nitrogen and oxygen atoms in total. The molecular weight excluding hydrogens is 571 g/mol. The topological polar surface area (TPSA) is 140 Å². The molecule has 0 atom stereocenters. The van der Waals surface area contributed by atoms with Gasteiger partial charge >= 0.3 is 7.60 Å². The van der Waals surface area contributed by atoms with Crippen molar-refractivity contribution in [2.45, 2.75) is 13.5 Å². The van der Waals surface area contributed by atoms with E-state index in [0.717, 1.165) is 11.4 Å². The highest BCUT2D eigenvalue weighted by Crippen LogP contribution is 2.38. The fraction of sp³-hybridized carbons (Fsp3) is 0.129. The Balaban J connectivity index is 1.37. The van der Waals surface area contributed by atoms with Crippen LogP contribution in [-0.4, -0.2) is 44.6 Å². The lowest BCUT2D eigenvalue weighted by atomic mass is 10.1. The Morgan fingerprint density at radius 1 is 1.05 bits per heavy atom. The van der Waals surface area contributed by atoms with Crippen molar-refractivity contribution in [3.05, 3.63) is 113 Å². The van der Waals surface area contributed by atoms with Gasteiger partial charge in [0, 0.05) is 35.8 Å². The molecule has 220 valence electrons. The van der Waals surface area contributed by atoms with E-state index >= 15 is 0 Å². The van der Waals surface area contributed by atoms with Crippen LogP contribution in [0.5, 0.6) is 11.5 Å². The average Bonchev–Trinajstić information content (AvgIpc) is 3.62. The highest BCUT2D eigenvalue weighted by atomic mass is 31.2. The molecule has 0 fully saturated rings. The quantitative estimate of drug-likeness (QED) is 0.189. The predicted molar refractivity (Wildman–Crippen MR) is 161 cm³/mol. The minimum absolute atomic E-state index is 0.123. The van der Waals surface area contributed by atoms with Crippen LogP contribution < -0.4 is 14.4 Å². The second-order valence-corrected chi connectivity index (χ2v) is 11.0. The molecule has 0 saturated heterocycles. The Hall–Kier alpha value is -4.96. The van der Waals surface area contributed by atoms with Crippen LogP contribution in [-0.2, 0) is 11.2 Å². The molecule has 2 N–H and O–H groups in total. The molecular formula is C31H29N4O7P. The number of anilines is 1. The van der Waals surface area contributed by atoms with E-state index in [2.05, 4.69) is 10.1 Å². The minimum atomic E-state index is -4.45. The maximum atomic E-state index is 13.6. The normalized spacial score (nSPS) is 11.6. The molecule has 0 bridgehead atoms. The van der Waals surface area contributed by atoms with Crippen molar-refractivity contribution in [2.24, 2.45) is 0 Å². The van der Waals surface area contributed by atoms with Gasteiger partial charge in [0.15, 0.2) is 17.3 Å². The van der Waals surface area contributed by atoms with Crippen LogP contribution in [0.4, 0.5) is 5.82 Å². The maximum absolute atomic E-state index is 13.6. The van der Waals surface area contributed by atoms with Gasteiger partial charge in [0.25, 0.3) is 5.91 Å². The second-order valence-electron chi connectivity index (χ2n) is 9.50. The first kappa shape index (κ1) is 29.5. The fourth-order valence-corrected chi connectivity index (χ4v) is 4.62. The molecule has 1 amide bonds. The Morgan fingerprint density at radius 3 is 2.42 bits per heavy atom. The van der Waals surface area contributed by atoms with E-state index < -0.39 is 13.5 Å². The van der Waals surface area contributed by atoms with Crippen molar-refractivity contribution in [3.8, 4) is 28.6 Å². The van der Waals surface area contributed by atoms with Gasteiger partial charge in [0.1, 0.15) is 18.1 Å². The molecule has 3 aromatic carbocycles. The number of aromatic nitrogens is 3. The van der Waals surface area contributed by atoms with Crippen LogP contribution in [0, 0.1) is 6.92 Å². The van der Waals surface area contributed by atoms with E-state index in [1.807, 2.05) is 67.6 Å². The number of aryl methyl sites for hydroxylation is 1. The Morgan fingerprint density at radius 2 is 1.74 bits per heavy atom. The lowest BCUT2D eigenvalue weighted by molar-refractivity contribution is 0.0991. The number of para-hydroxylation sites is 1. The van der Waals surface area contributed by atoms with E-state index in [1.54, 1.807) is 24.4 Å². The molecule has 0 aliphatic rings. The monoisotopic (exact) mass is 600 g/mol. The van der Waals surface area contributed by atoms with Crippen molar-refractivity contribution in [3.63, 3.8) is 0 Å². The number of carbonyl (C=O) groups is 1. The van der Waals surface area contributed by atoms with Crippen molar-refractivity contribution in [1.29, 1.82) is 0 Å². The SMILES string of the molecule is COc1cc(C(=O)N(C)c2nn(-c3ccccc3)cc2C=CP(=O)(O)O)ccc1OCc1nc(-c2ccccc2)oc1C. The average molecular weight is 601 g/mol. The van der Waals surface area contributed by atoms with Crippen LogP contribution in [0.25, 0.3) is 23.2 Å². The van der Waals surface area contributed by atoms with Gasteiger partial charge in [-0.1, -0.05) is 36.4 Å². The van der Waals surface area contributed by atoms with Gasteiger partial charge in [-0.3, -0.25) is 14.3 Å². The summed E-state index contributed by atoms with van der Waals surface area (Å²) in [5.41, 5.74) is 2.82. The van der Waals surface area contributed by atoms with Gasteiger partial charge in [-0.05, 0) is 55.5 Å². The van der Waals surface area contributed by atoms with E-state index in [9.17, 15) is 19.1 Å².